The van der Waals surface area contributed by atoms with Crippen LogP contribution in [0, 0.1) is 0 Å². The molecule has 0 fully saturated rings. The lowest BCUT2D eigenvalue weighted by atomic mass is 10.0. The average molecular weight is 368 g/mol. The summed E-state index contributed by atoms with van der Waals surface area (Å²) in [6.07, 6.45) is 5.99. The van der Waals surface area contributed by atoms with Gasteiger partial charge in [-0.1, -0.05) is 43.5 Å². The molecule has 0 spiro atoms. The Labute approximate surface area is 158 Å². The maximum absolute atomic E-state index is 12.5. The van der Waals surface area contributed by atoms with Crippen LogP contribution in [0.15, 0.2) is 42.5 Å². The van der Waals surface area contributed by atoms with E-state index in [1.54, 1.807) is 17.6 Å². The van der Waals surface area contributed by atoms with Gasteiger partial charge in [-0.05, 0) is 43.0 Å². The lowest BCUT2D eigenvalue weighted by Crippen LogP contribution is -2.17. The van der Waals surface area contributed by atoms with Gasteiger partial charge in [-0.25, -0.2) is 5.48 Å². The molecule has 6 heteroatoms. The Balaban J connectivity index is 1.56. The maximum atomic E-state index is 12.5. The lowest BCUT2D eigenvalue weighted by molar-refractivity contribution is -0.129. The molecule has 27 heavy (non-hydrogen) atoms. The fraction of sp³-hybridized carbons (Fsp3) is 0.333. The highest BCUT2D eigenvalue weighted by atomic mass is 16.5. The average Bonchev–Trinajstić information content (AvgIpc) is 2.83. The predicted molar refractivity (Wildman–Crippen MR) is 102 cm³/mol. The third-order valence-electron chi connectivity index (χ3n) is 4.68. The summed E-state index contributed by atoms with van der Waals surface area (Å²) in [6, 6.07) is 13.1. The summed E-state index contributed by atoms with van der Waals surface area (Å²) in [4.78, 5) is 23.5. The molecule has 1 aliphatic heterocycles. The number of para-hydroxylation sites is 2. The fourth-order valence-corrected chi connectivity index (χ4v) is 3.24. The molecule has 0 saturated carbocycles. The Kier molecular flexibility index (Phi) is 6.44. The number of benzene rings is 2. The van der Waals surface area contributed by atoms with E-state index < -0.39 is 0 Å². The Morgan fingerprint density at radius 2 is 1.70 bits per heavy atom. The first-order valence-corrected chi connectivity index (χ1v) is 9.32. The van der Waals surface area contributed by atoms with Gasteiger partial charge in [-0.15, -0.1) is 0 Å². The van der Waals surface area contributed by atoms with E-state index in [0.717, 1.165) is 49.8 Å². The highest BCUT2D eigenvalue weighted by molar-refractivity contribution is 6.08. The number of rotatable bonds is 8. The second kappa shape index (κ2) is 9.19. The second-order valence-corrected chi connectivity index (χ2v) is 6.65. The van der Waals surface area contributed by atoms with E-state index in [-0.39, 0.29) is 11.8 Å². The molecule has 0 saturated heterocycles. The van der Waals surface area contributed by atoms with Crippen LogP contribution in [0.25, 0.3) is 0 Å². The minimum atomic E-state index is -0.335. The minimum absolute atomic E-state index is 0.154. The minimum Gasteiger partial charge on any atom is -0.454 e. The molecule has 3 N–H and O–H groups in total. The summed E-state index contributed by atoms with van der Waals surface area (Å²) < 4.78 is 5.96. The first-order valence-electron chi connectivity index (χ1n) is 9.32. The Morgan fingerprint density at radius 1 is 0.963 bits per heavy atom. The summed E-state index contributed by atoms with van der Waals surface area (Å²) in [5.41, 5.74) is 3.99. The molecule has 2 aromatic rings. The number of nitrogens with one attached hydrogen (secondary N) is 2. The molecule has 0 radical (unpaired) electrons. The standard InChI is InChI=1S/C21H24N2O4/c24-19(23-26)14-5-3-1-2-4-9-15-10-8-13-18-20(15)22-21(25)16-11-6-7-12-17(16)27-18/h6-8,10-13,26H,1-5,9,14H2,(H,22,25)(H,23,24). The molecular weight excluding hydrogens is 344 g/mol. The highest BCUT2D eigenvalue weighted by Crippen LogP contribution is 2.38. The SMILES string of the molecule is O=C(CCCCCCCc1cccc2c1NC(=O)c1ccccc1O2)NO. The van der Waals surface area contributed by atoms with Crippen molar-refractivity contribution in [3.63, 3.8) is 0 Å². The van der Waals surface area contributed by atoms with Crippen LogP contribution in [0.2, 0.25) is 0 Å². The number of aryl methyl sites for hydroxylation is 1. The number of hydrogen-bond acceptors (Lipinski definition) is 4. The number of hydrogen-bond donors (Lipinski definition) is 3. The van der Waals surface area contributed by atoms with E-state index in [1.165, 1.54) is 0 Å². The molecular formula is C21H24N2O4. The van der Waals surface area contributed by atoms with Gasteiger partial charge in [-0.2, -0.15) is 0 Å². The molecule has 142 valence electrons. The number of carbonyl (C=O) groups is 2. The van der Waals surface area contributed by atoms with Crippen LogP contribution in [0.3, 0.4) is 0 Å². The van der Waals surface area contributed by atoms with E-state index in [4.69, 9.17) is 9.94 Å². The van der Waals surface area contributed by atoms with Crippen LogP contribution in [-0.2, 0) is 11.2 Å². The zero-order valence-corrected chi connectivity index (χ0v) is 15.2. The van der Waals surface area contributed by atoms with Crippen molar-refractivity contribution in [2.45, 2.75) is 44.9 Å². The third kappa shape index (κ3) is 4.86. The van der Waals surface area contributed by atoms with Gasteiger partial charge in [0.1, 0.15) is 5.75 Å². The van der Waals surface area contributed by atoms with Crippen molar-refractivity contribution < 1.29 is 19.5 Å². The lowest BCUT2D eigenvalue weighted by Gasteiger charge is -2.12. The van der Waals surface area contributed by atoms with Gasteiger partial charge in [0.15, 0.2) is 5.75 Å². The summed E-state index contributed by atoms with van der Waals surface area (Å²) >= 11 is 0. The Morgan fingerprint density at radius 3 is 2.56 bits per heavy atom. The summed E-state index contributed by atoms with van der Waals surface area (Å²) in [5, 5.41) is 11.5. The first-order chi connectivity index (χ1) is 13.2. The van der Waals surface area contributed by atoms with E-state index in [2.05, 4.69) is 5.32 Å². The van der Waals surface area contributed by atoms with Gasteiger partial charge in [-0.3, -0.25) is 14.8 Å². The van der Waals surface area contributed by atoms with Crippen molar-refractivity contribution in [3.05, 3.63) is 53.6 Å². The molecule has 0 aliphatic carbocycles. The summed E-state index contributed by atoms with van der Waals surface area (Å²) in [7, 11) is 0. The van der Waals surface area contributed by atoms with E-state index in [0.29, 0.717) is 23.5 Å². The van der Waals surface area contributed by atoms with Gasteiger partial charge >= 0.3 is 0 Å². The van der Waals surface area contributed by atoms with Crippen LogP contribution in [0.4, 0.5) is 5.69 Å². The fourth-order valence-electron chi connectivity index (χ4n) is 3.24. The van der Waals surface area contributed by atoms with Gasteiger partial charge in [0, 0.05) is 6.42 Å². The Hall–Kier alpha value is -2.86. The number of carbonyl (C=O) groups excluding carboxylic acids is 2. The molecule has 0 atom stereocenters. The maximum Gasteiger partial charge on any atom is 0.259 e. The zero-order chi connectivity index (χ0) is 19.1. The summed E-state index contributed by atoms with van der Waals surface area (Å²) in [5.74, 6) is 0.747. The monoisotopic (exact) mass is 368 g/mol. The Bertz CT molecular complexity index is 820. The van der Waals surface area contributed by atoms with Crippen LogP contribution in [-0.4, -0.2) is 17.0 Å². The largest absolute Gasteiger partial charge is 0.454 e. The molecule has 0 bridgehead atoms. The topological polar surface area (TPSA) is 87.7 Å². The third-order valence-corrected chi connectivity index (χ3v) is 4.68. The normalized spacial score (nSPS) is 12.3. The number of ether oxygens (including phenoxy) is 1. The molecule has 0 aromatic heterocycles. The van der Waals surface area contributed by atoms with E-state index in [1.807, 2.05) is 30.3 Å². The van der Waals surface area contributed by atoms with E-state index >= 15 is 0 Å². The zero-order valence-electron chi connectivity index (χ0n) is 15.2. The molecule has 2 amide bonds. The van der Waals surface area contributed by atoms with Gasteiger partial charge in [0.05, 0.1) is 11.3 Å². The molecule has 1 aliphatic rings. The quantitative estimate of drug-likeness (QED) is 0.365. The van der Waals surface area contributed by atoms with Gasteiger partial charge in [0.2, 0.25) is 5.91 Å². The van der Waals surface area contributed by atoms with Crippen molar-refractivity contribution in [2.24, 2.45) is 0 Å². The molecule has 1 heterocycles. The first kappa shape index (κ1) is 18.9. The van der Waals surface area contributed by atoms with Crippen molar-refractivity contribution in [1.82, 2.24) is 5.48 Å². The van der Waals surface area contributed by atoms with Crippen molar-refractivity contribution in [3.8, 4) is 11.5 Å². The number of anilines is 1. The molecule has 2 aromatic carbocycles. The number of fused-ring (bicyclic) bond motifs is 2. The molecule has 0 unspecified atom stereocenters. The van der Waals surface area contributed by atoms with Gasteiger partial charge < -0.3 is 10.1 Å². The number of hydroxylamine groups is 1. The van der Waals surface area contributed by atoms with Crippen molar-refractivity contribution in [2.75, 3.05) is 5.32 Å². The van der Waals surface area contributed by atoms with Crippen LogP contribution >= 0.6 is 0 Å². The number of unbranched alkanes of at least 4 members (excludes halogenated alkanes) is 4. The van der Waals surface area contributed by atoms with Gasteiger partial charge in [0.25, 0.3) is 5.91 Å². The summed E-state index contributed by atoms with van der Waals surface area (Å²) in [6.45, 7) is 0. The van der Waals surface area contributed by atoms with Crippen LogP contribution in [0.5, 0.6) is 11.5 Å². The predicted octanol–water partition coefficient (Wildman–Crippen LogP) is 4.43. The number of amides is 2. The highest BCUT2D eigenvalue weighted by Gasteiger charge is 2.22. The van der Waals surface area contributed by atoms with Crippen LogP contribution in [0.1, 0.15) is 54.4 Å². The molecule has 3 rings (SSSR count). The van der Waals surface area contributed by atoms with Crippen LogP contribution < -0.4 is 15.5 Å². The smallest absolute Gasteiger partial charge is 0.259 e. The van der Waals surface area contributed by atoms with Crippen molar-refractivity contribution >= 4 is 17.5 Å². The van der Waals surface area contributed by atoms with E-state index in [9.17, 15) is 9.59 Å². The second-order valence-electron chi connectivity index (χ2n) is 6.65. The van der Waals surface area contributed by atoms with Crippen molar-refractivity contribution in [1.29, 1.82) is 0 Å². The molecule has 6 nitrogen and oxygen atoms in total.